The average Bonchev–Trinajstić information content (AvgIpc) is 3.22. The van der Waals surface area contributed by atoms with Gasteiger partial charge in [-0.1, -0.05) is 18.2 Å². The van der Waals surface area contributed by atoms with Crippen LogP contribution in [0.5, 0.6) is 11.5 Å². The quantitative estimate of drug-likeness (QED) is 0.189. The van der Waals surface area contributed by atoms with Crippen LogP contribution in [0.15, 0.2) is 48.5 Å². The first-order valence-corrected chi connectivity index (χ1v) is 12.5. The second-order valence-corrected chi connectivity index (χ2v) is 9.84. The molecule has 39 heavy (non-hydrogen) atoms. The van der Waals surface area contributed by atoms with E-state index in [1.54, 1.807) is 36.4 Å². The van der Waals surface area contributed by atoms with E-state index < -0.39 is 18.2 Å². The topological polar surface area (TPSA) is 193 Å². The molecule has 1 aliphatic heterocycles. The minimum absolute atomic E-state index is 0. The number of phenolic OH excluding ortho intramolecular Hbond substituents is 1. The first-order chi connectivity index (χ1) is 18.2. The fraction of sp³-hybridized carbons (Fsp3) is 0.385. The second-order valence-electron chi connectivity index (χ2n) is 9.84. The van der Waals surface area contributed by atoms with Gasteiger partial charge in [-0.3, -0.25) is 0 Å². The SMILES string of the molecule is Cl.N[C@@H]1C[C@H](N)CN(c2nc(Nc3ccc(C(=O)Oc4ccccc4)c(O)c3)nc(C3C[C@@H](O)[C@@H](O)C3)n2)C1. The van der Waals surface area contributed by atoms with E-state index in [0.29, 0.717) is 55.6 Å². The highest BCUT2D eigenvalue weighted by atomic mass is 35.5. The predicted molar refractivity (Wildman–Crippen MR) is 147 cm³/mol. The summed E-state index contributed by atoms with van der Waals surface area (Å²) in [6.45, 7) is 1.04. The number of aromatic nitrogens is 3. The first-order valence-electron chi connectivity index (χ1n) is 12.5. The molecule has 13 heteroatoms. The summed E-state index contributed by atoms with van der Waals surface area (Å²) in [6.07, 6.45) is -0.370. The van der Waals surface area contributed by atoms with Crippen molar-refractivity contribution in [3.63, 3.8) is 0 Å². The summed E-state index contributed by atoms with van der Waals surface area (Å²) < 4.78 is 5.31. The molecule has 0 bridgehead atoms. The van der Waals surface area contributed by atoms with Crippen LogP contribution in [0.2, 0.25) is 0 Å². The van der Waals surface area contributed by atoms with Crippen molar-refractivity contribution in [1.82, 2.24) is 15.0 Å². The van der Waals surface area contributed by atoms with Crippen LogP contribution < -0.4 is 26.4 Å². The van der Waals surface area contributed by atoms with Gasteiger partial charge in [0.05, 0.1) is 12.2 Å². The molecule has 208 valence electrons. The number of halogens is 1. The van der Waals surface area contributed by atoms with Crippen LogP contribution in [-0.2, 0) is 0 Å². The number of carbonyl (C=O) groups is 1. The number of anilines is 3. The number of aliphatic hydroxyl groups excluding tert-OH is 2. The standard InChI is InChI=1S/C26H31N7O5.ClH/c27-15-10-16(28)13-33(12-15)26-31-23(14-8-21(35)22(36)9-14)30-25(32-26)29-17-6-7-19(20(34)11-17)24(37)38-18-4-2-1-3-5-18;/h1-7,11,14-16,21-22,34-36H,8-10,12-13,27-28H2,(H,29,30,31,32);1H/t14?,15-,16+,21-,22+;. The molecule has 1 aromatic heterocycles. The van der Waals surface area contributed by atoms with Gasteiger partial charge in [0.1, 0.15) is 22.9 Å². The van der Waals surface area contributed by atoms with Gasteiger partial charge < -0.3 is 41.7 Å². The third kappa shape index (κ3) is 6.72. The average molecular weight is 558 g/mol. The summed E-state index contributed by atoms with van der Waals surface area (Å²) in [5, 5.41) is 33.7. The lowest BCUT2D eigenvalue weighted by Gasteiger charge is -2.34. The number of ether oxygens (including phenoxy) is 1. The lowest BCUT2D eigenvalue weighted by molar-refractivity contribution is 0.0438. The number of nitrogens with two attached hydrogens (primary N) is 2. The highest BCUT2D eigenvalue weighted by molar-refractivity contribution is 5.94. The van der Waals surface area contributed by atoms with Crippen LogP contribution in [-0.4, -0.2) is 73.6 Å². The maximum Gasteiger partial charge on any atom is 0.347 e. The molecule has 3 aromatic rings. The summed E-state index contributed by atoms with van der Waals surface area (Å²) in [4.78, 5) is 28.1. The third-order valence-electron chi connectivity index (χ3n) is 6.73. The zero-order chi connectivity index (χ0) is 26.8. The molecule has 0 spiro atoms. The van der Waals surface area contributed by atoms with E-state index in [4.69, 9.17) is 16.2 Å². The summed E-state index contributed by atoms with van der Waals surface area (Å²) in [7, 11) is 0. The predicted octanol–water partition coefficient (Wildman–Crippen LogP) is 1.43. The van der Waals surface area contributed by atoms with Gasteiger partial charge in [0.25, 0.3) is 0 Å². The van der Waals surface area contributed by atoms with Gasteiger partial charge in [0.15, 0.2) is 0 Å². The minimum atomic E-state index is -0.853. The van der Waals surface area contributed by atoms with Gasteiger partial charge in [0.2, 0.25) is 11.9 Å². The van der Waals surface area contributed by atoms with Crippen LogP contribution in [0.1, 0.15) is 41.4 Å². The molecule has 0 amide bonds. The van der Waals surface area contributed by atoms with Crippen molar-refractivity contribution in [2.45, 2.75) is 49.5 Å². The van der Waals surface area contributed by atoms with Gasteiger partial charge in [-0.25, -0.2) is 4.79 Å². The zero-order valence-corrected chi connectivity index (χ0v) is 21.9. The van der Waals surface area contributed by atoms with Crippen LogP contribution in [0.3, 0.4) is 0 Å². The Morgan fingerprint density at radius 3 is 2.26 bits per heavy atom. The van der Waals surface area contributed by atoms with Crippen molar-refractivity contribution in [3.05, 3.63) is 59.9 Å². The molecule has 1 saturated carbocycles. The molecule has 5 atom stereocenters. The Balaban J connectivity index is 0.00000353. The monoisotopic (exact) mass is 557 g/mol. The molecule has 1 saturated heterocycles. The first kappa shape index (κ1) is 28.5. The van der Waals surface area contributed by atoms with E-state index in [1.807, 2.05) is 4.90 Å². The Labute approximate surface area is 231 Å². The van der Waals surface area contributed by atoms with Gasteiger partial charge in [-0.15, -0.1) is 12.4 Å². The third-order valence-corrected chi connectivity index (χ3v) is 6.73. The number of carbonyl (C=O) groups excluding carboxylic acids is 1. The number of rotatable bonds is 6. The van der Waals surface area contributed by atoms with Crippen molar-refractivity contribution >= 4 is 36.0 Å². The van der Waals surface area contributed by atoms with E-state index in [0.717, 1.165) is 0 Å². The fourth-order valence-corrected chi connectivity index (χ4v) is 4.87. The number of aliphatic hydroxyl groups is 2. The molecule has 5 rings (SSSR count). The van der Waals surface area contributed by atoms with Crippen LogP contribution in [0, 0.1) is 0 Å². The van der Waals surface area contributed by atoms with E-state index in [2.05, 4.69) is 20.3 Å². The maximum absolute atomic E-state index is 12.5. The van der Waals surface area contributed by atoms with E-state index >= 15 is 0 Å². The zero-order valence-electron chi connectivity index (χ0n) is 21.1. The summed E-state index contributed by atoms with van der Waals surface area (Å²) in [5.41, 5.74) is 12.8. The molecule has 1 aliphatic carbocycles. The summed E-state index contributed by atoms with van der Waals surface area (Å²) in [5.74, 6) is 0.134. The Morgan fingerprint density at radius 1 is 0.949 bits per heavy atom. The Kier molecular flexibility index (Phi) is 8.83. The van der Waals surface area contributed by atoms with Gasteiger partial charge in [-0.05, 0) is 43.5 Å². The van der Waals surface area contributed by atoms with Gasteiger partial charge >= 0.3 is 5.97 Å². The van der Waals surface area contributed by atoms with E-state index in [1.165, 1.54) is 12.1 Å². The molecular formula is C26H32ClN7O5. The Morgan fingerprint density at radius 2 is 1.62 bits per heavy atom. The Hall–Kier alpha value is -3.55. The molecule has 1 unspecified atom stereocenters. The summed E-state index contributed by atoms with van der Waals surface area (Å²) >= 11 is 0. The number of piperidine rings is 1. The molecule has 12 nitrogen and oxygen atoms in total. The number of para-hydroxylation sites is 1. The number of aromatic hydroxyl groups is 1. The number of esters is 1. The second kappa shape index (κ2) is 12.1. The normalized spacial score (nSPS) is 24.6. The molecular weight excluding hydrogens is 526 g/mol. The largest absolute Gasteiger partial charge is 0.507 e. The lowest BCUT2D eigenvalue weighted by Crippen LogP contribution is -2.53. The molecule has 8 N–H and O–H groups in total. The lowest BCUT2D eigenvalue weighted by atomic mass is 10.0. The Bertz CT molecular complexity index is 1280. The molecule has 2 aromatic carbocycles. The van der Waals surface area contributed by atoms with Crippen molar-refractivity contribution < 1.29 is 24.9 Å². The molecule has 2 heterocycles. The maximum atomic E-state index is 12.5. The number of phenols is 1. The molecule has 0 radical (unpaired) electrons. The summed E-state index contributed by atoms with van der Waals surface area (Å²) in [6, 6.07) is 12.7. The number of hydrogen-bond donors (Lipinski definition) is 6. The smallest absolute Gasteiger partial charge is 0.347 e. The van der Waals surface area contributed by atoms with Crippen molar-refractivity contribution in [3.8, 4) is 11.5 Å². The van der Waals surface area contributed by atoms with Crippen molar-refractivity contribution in [1.29, 1.82) is 0 Å². The van der Waals surface area contributed by atoms with Gasteiger partial charge in [-0.2, -0.15) is 15.0 Å². The van der Waals surface area contributed by atoms with Crippen molar-refractivity contribution in [2.24, 2.45) is 11.5 Å². The number of hydrogen-bond acceptors (Lipinski definition) is 12. The van der Waals surface area contributed by atoms with Gasteiger partial charge in [0, 0.05) is 42.8 Å². The molecule has 2 fully saturated rings. The van der Waals surface area contributed by atoms with Crippen LogP contribution >= 0.6 is 12.4 Å². The van der Waals surface area contributed by atoms with E-state index in [-0.39, 0.29) is 47.7 Å². The highest BCUT2D eigenvalue weighted by Gasteiger charge is 2.35. The fourth-order valence-electron chi connectivity index (χ4n) is 4.87. The number of benzene rings is 2. The van der Waals surface area contributed by atoms with Crippen molar-refractivity contribution in [2.75, 3.05) is 23.3 Å². The van der Waals surface area contributed by atoms with Crippen LogP contribution in [0.25, 0.3) is 0 Å². The van der Waals surface area contributed by atoms with Crippen LogP contribution in [0.4, 0.5) is 17.6 Å². The number of nitrogens with one attached hydrogen (secondary N) is 1. The highest BCUT2D eigenvalue weighted by Crippen LogP contribution is 2.34. The minimum Gasteiger partial charge on any atom is -0.507 e. The number of nitrogens with zero attached hydrogens (tertiary/aromatic N) is 4. The molecule has 2 aliphatic rings. The van der Waals surface area contributed by atoms with E-state index in [9.17, 15) is 20.1 Å².